The SMILES string of the molecule is COc1cc(OCc2nc3cc4ccccc4cc3n2CCCO)cc(OC)c1OC. The van der Waals surface area contributed by atoms with Crippen molar-refractivity contribution in [2.75, 3.05) is 27.9 Å². The van der Waals surface area contributed by atoms with Crippen LogP contribution in [0, 0.1) is 0 Å². The highest BCUT2D eigenvalue weighted by molar-refractivity contribution is 5.95. The number of aromatic nitrogens is 2. The molecule has 7 heteroatoms. The molecular weight excluding hydrogens is 396 g/mol. The van der Waals surface area contributed by atoms with Crippen LogP contribution in [0.5, 0.6) is 23.0 Å². The average Bonchev–Trinajstić information content (AvgIpc) is 3.14. The van der Waals surface area contributed by atoms with Crippen LogP contribution in [-0.2, 0) is 13.2 Å². The van der Waals surface area contributed by atoms with Gasteiger partial charge < -0.3 is 28.6 Å². The molecule has 162 valence electrons. The number of methoxy groups -OCH3 is 3. The summed E-state index contributed by atoms with van der Waals surface area (Å²) in [5.41, 5.74) is 1.93. The molecule has 0 amide bonds. The van der Waals surface area contributed by atoms with Crippen molar-refractivity contribution < 1.29 is 24.1 Å². The standard InChI is InChI=1S/C24H26N2O5/c1-28-21-13-18(14-22(29-2)24(21)30-3)31-15-23-25-19-11-16-7-4-5-8-17(16)12-20(19)26(23)9-6-10-27/h4-5,7-8,11-14,27H,6,9-10,15H2,1-3H3. The van der Waals surface area contributed by atoms with Crippen molar-refractivity contribution in [1.82, 2.24) is 9.55 Å². The second-order valence-corrected chi connectivity index (χ2v) is 7.09. The van der Waals surface area contributed by atoms with Crippen LogP contribution in [0.2, 0.25) is 0 Å². The summed E-state index contributed by atoms with van der Waals surface area (Å²) in [7, 11) is 4.70. The Kier molecular flexibility index (Phi) is 6.13. The molecule has 0 aliphatic rings. The van der Waals surface area contributed by atoms with E-state index in [1.165, 1.54) is 0 Å². The molecule has 7 nitrogen and oxygen atoms in total. The van der Waals surface area contributed by atoms with Crippen molar-refractivity contribution in [3.05, 3.63) is 54.4 Å². The van der Waals surface area contributed by atoms with Crippen LogP contribution < -0.4 is 18.9 Å². The number of hydrogen-bond acceptors (Lipinski definition) is 6. The maximum atomic E-state index is 9.37. The third-order valence-electron chi connectivity index (χ3n) is 5.24. The van der Waals surface area contributed by atoms with Crippen LogP contribution in [0.25, 0.3) is 21.8 Å². The number of hydrogen-bond donors (Lipinski definition) is 1. The smallest absolute Gasteiger partial charge is 0.203 e. The summed E-state index contributed by atoms with van der Waals surface area (Å²) in [4.78, 5) is 4.82. The van der Waals surface area contributed by atoms with Gasteiger partial charge in [0.25, 0.3) is 0 Å². The summed E-state index contributed by atoms with van der Waals surface area (Å²) < 4.78 is 24.4. The first-order chi connectivity index (χ1) is 15.2. The van der Waals surface area contributed by atoms with Crippen LogP contribution >= 0.6 is 0 Å². The van der Waals surface area contributed by atoms with Crippen molar-refractivity contribution in [3.63, 3.8) is 0 Å². The number of rotatable bonds is 9. The van der Waals surface area contributed by atoms with E-state index >= 15 is 0 Å². The monoisotopic (exact) mass is 422 g/mol. The fourth-order valence-electron chi connectivity index (χ4n) is 3.74. The number of nitrogens with zero attached hydrogens (tertiary/aromatic N) is 2. The topological polar surface area (TPSA) is 75.0 Å². The highest BCUT2D eigenvalue weighted by Gasteiger charge is 2.16. The van der Waals surface area contributed by atoms with Gasteiger partial charge in [-0.3, -0.25) is 0 Å². The molecule has 0 aliphatic heterocycles. The third-order valence-corrected chi connectivity index (χ3v) is 5.24. The minimum absolute atomic E-state index is 0.112. The van der Waals surface area contributed by atoms with E-state index < -0.39 is 0 Å². The summed E-state index contributed by atoms with van der Waals surface area (Å²) in [6.45, 7) is 1.02. The van der Waals surface area contributed by atoms with Crippen molar-refractivity contribution in [2.45, 2.75) is 19.6 Å². The Labute approximate surface area is 180 Å². The van der Waals surface area contributed by atoms with Gasteiger partial charge in [0.05, 0.1) is 32.4 Å². The lowest BCUT2D eigenvalue weighted by Gasteiger charge is -2.15. The van der Waals surface area contributed by atoms with E-state index in [9.17, 15) is 5.11 Å². The molecule has 4 rings (SSSR count). The third kappa shape index (κ3) is 4.09. The van der Waals surface area contributed by atoms with Crippen molar-refractivity contribution in [3.8, 4) is 23.0 Å². The first kappa shape index (κ1) is 20.8. The quantitative estimate of drug-likeness (QED) is 0.436. The molecule has 31 heavy (non-hydrogen) atoms. The maximum absolute atomic E-state index is 9.37. The van der Waals surface area contributed by atoms with Crippen LogP contribution in [0.4, 0.5) is 0 Å². The van der Waals surface area contributed by atoms with Gasteiger partial charge in [-0.25, -0.2) is 4.98 Å². The molecule has 1 N–H and O–H groups in total. The Bertz CT molecular complexity index is 1180. The Hall–Kier alpha value is -3.45. The number of fused-ring (bicyclic) bond motifs is 2. The molecule has 0 unspecified atom stereocenters. The molecule has 0 aliphatic carbocycles. The highest BCUT2D eigenvalue weighted by atomic mass is 16.5. The van der Waals surface area contributed by atoms with Gasteiger partial charge in [-0.15, -0.1) is 0 Å². The molecule has 4 aromatic rings. The van der Waals surface area contributed by atoms with Crippen LogP contribution in [0.3, 0.4) is 0 Å². The van der Waals surface area contributed by atoms with Gasteiger partial charge >= 0.3 is 0 Å². The van der Waals surface area contributed by atoms with Gasteiger partial charge in [0.1, 0.15) is 18.2 Å². The summed E-state index contributed by atoms with van der Waals surface area (Å²) in [5, 5.41) is 11.7. The molecule has 0 atom stereocenters. The lowest BCUT2D eigenvalue weighted by molar-refractivity contribution is 0.267. The molecule has 0 bridgehead atoms. The predicted octanol–water partition coefficient (Wildman–Crippen LogP) is 4.18. The Morgan fingerprint density at radius 2 is 1.58 bits per heavy atom. The molecule has 0 saturated carbocycles. The molecule has 1 heterocycles. The van der Waals surface area contributed by atoms with Gasteiger partial charge in [-0.2, -0.15) is 0 Å². The van der Waals surface area contributed by atoms with Gasteiger partial charge in [0.15, 0.2) is 11.5 Å². The first-order valence-electron chi connectivity index (χ1n) is 10.1. The lowest BCUT2D eigenvalue weighted by atomic mass is 10.1. The van der Waals surface area contributed by atoms with Crippen LogP contribution in [0.1, 0.15) is 12.2 Å². The minimum Gasteiger partial charge on any atom is -0.493 e. The largest absolute Gasteiger partial charge is 0.493 e. The van der Waals surface area contributed by atoms with E-state index in [1.807, 2.05) is 12.1 Å². The van der Waals surface area contributed by atoms with E-state index in [4.69, 9.17) is 23.9 Å². The summed E-state index contributed by atoms with van der Waals surface area (Å²) in [6.07, 6.45) is 0.634. The van der Waals surface area contributed by atoms with Crippen molar-refractivity contribution in [1.29, 1.82) is 0 Å². The molecule has 3 aromatic carbocycles. The number of imidazole rings is 1. The van der Waals surface area contributed by atoms with Gasteiger partial charge in [0, 0.05) is 25.3 Å². The molecule has 0 spiro atoms. The van der Waals surface area contributed by atoms with E-state index in [0.29, 0.717) is 36.0 Å². The summed E-state index contributed by atoms with van der Waals surface area (Å²) in [5.74, 6) is 2.93. The Balaban J connectivity index is 1.70. The molecular formula is C24H26N2O5. The number of aliphatic hydroxyl groups is 1. The van der Waals surface area contributed by atoms with E-state index in [1.54, 1.807) is 33.5 Å². The second kappa shape index (κ2) is 9.14. The summed E-state index contributed by atoms with van der Waals surface area (Å²) in [6, 6.07) is 16.0. The Morgan fingerprint density at radius 1 is 0.903 bits per heavy atom. The first-order valence-corrected chi connectivity index (χ1v) is 10.1. The minimum atomic E-state index is 0.112. The van der Waals surface area contributed by atoms with Crippen molar-refractivity contribution in [2.24, 2.45) is 0 Å². The van der Waals surface area contributed by atoms with Gasteiger partial charge in [0.2, 0.25) is 5.75 Å². The lowest BCUT2D eigenvalue weighted by Crippen LogP contribution is -2.09. The molecule has 0 radical (unpaired) electrons. The molecule has 0 fully saturated rings. The Morgan fingerprint density at radius 3 is 2.19 bits per heavy atom. The predicted molar refractivity (Wildman–Crippen MR) is 119 cm³/mol. The summed E-state index contributed by atoms with van der Waals surface area (Å²) >= 11 is 0. The fraction of sp³-hybridized carbons (Fsp3) is 0.292. The highest BCUT2D eigenvalue weighted by Crippen LogP contribution is 2.41. The van der Waals surface area contributed by atoms with Crippen LogP contribution in [-0.4, -0.2) is 42.6 Å². The molecule has 1 aromatic heterocycles. The number of ether oxygens (including phenoxy) is 4. The van der Waals surface area contributed by atoms with Gasteiger partial charge in [-0.1, -0.05) is 24.3 Å². The average molecular weight is 422 g/mol. The van der Waals surface area contributed by atoms with Crippen molar-refractivity contribution >= 4 is 21.8 Å². The zero-order valence-corrected chi connectivity index (χ0v) is 17.9. The zero-order valence-electron chi connectivity index (χ0n) is 17.9. The number of benzene rings is 3. The van der Waals surface area contributed by atoms with Gasteiger partial charge in [-0.05, 0) is 29.3 Å². The second-order valence-electron chi connectivity index (χ2n) is 7.09. The fourth-order valence-corrected chi connectivity index (χ4v) is 3.74. The van der Waals surface area contributed by atoms with E-state index in [-0.39, 0.29) is 13.2 Å². The number of aliphatic hydroxyl groups excluding tert-OH is 1. The van der Waals surface area contributed by atoms with Crippen LogP contribution in [0.15, 0.2) is 48.5 Å². The maximum Gasteiger partial charge on any atom is 0.203 e. The van der Waals surface area contributed by atoms with E-state index in [2.05, 4.69) is 28.8 Å². The zero-order chi connectivity index (χ0) is 21.8. The number of aryl methyl sites for hydroxylation is 1. The molecule has 0 saturated heterocycles. The normalized spacial score (nSPS) is 11.1. The van der Waals surface area contributed by atoms with E-state index in [0.717, 1.165) is 27.6 Å².